The number of aromatic nitrogens is 2. The number of halogens is 2. The van der Waals surface area contributed by atoms with Gasteiger partial charge in [0.1, 0.15) is 11.4 Å². The highest BCUT2D eigenvalue weighted by atomic mass is 19.3. The van der Waals surface area contributed by atoms with Gasteiger partial charge in [-0.25, -0.2) is 0 Å². The molecular weight excluding hydrogens is 178 g/mol. The van der Waals surface area contributed by atoms with E-state index < -0.39 is 5.92 Å². The van der Waals surface area contributed by atoms with Crippen molar-refractivity contribution in [1.29, 1.82) is 0 Å². The highest BCUT2D eigenvalue weighted by Gasteiger charge is 2.29. The largest absolute Gasteiger partial charge is 0.293 e. The molecule has 0 atom stereocenters. The number of hydrogen-bond donors (Lipinski definition) is 0. The number of hydrogen-bond acceptors (Lipinski definition) is 2. The van der Waals surface area contributed by atoms with E-state index in [0.717, 1.165) is 17.7 Å². The summed E-state index contributed by atoms with van der Waals surface area (Å²) in [6, 6.07) is 1.11. The summed E-state index contributed by atoms with van der Waals surface area (Å²) < 4.78 is 26.6. The number of rotatable bonds is 2. The second-order valence-corrected chi connectivity index (χ2v) is 2.98. The fourth-order valence-corrected chi connectivity index (χ4v) is 1.01. The molecule has 0 fully saturated rings. The van der Waals surface area contributed by atoms with Crippen LogP contribution in [0.3, 0.4) is 0 Å². The maximum absolute atomic E-state index is 12.7. The summed E-state index contributed by atoms with van der Waals surface area (Å²) in [5.74, 6) is -3.27. The van der Waals surface area contributed by atoms with Crippen molar-refractivity contribution in [2.75, 3.05) is 0 Å². The van der Waals surface area contributed by atoms with E-state index >= 15 is 0 Å². The van der Waals surface area contributed by atoms with Gasteiger partial charge in [-0.15, -0.1) is 0 Å². The topological polar surface area (TPSA) is 34.9 Å². The van der Waals surface area contributed by atoms with Gasteiger partial charge in [0.05, 0.1) is 0 Å². The molecule has 72 valence electrons. The number of ketones is 1. The molecule has 0 amide bonds. The van der Waals surface area contributed by atoms with Crippen LogP contribution >= 0.6 is 0 Å². The molecule has 1 aromatic heterocycles. The highest BCUT2D eigenvalue weighted by Crippen LogP contribution is 2.25. The normalized spacial score (nSPS) is 11.8. The third-order valence-electron chi connectivity index (χ3n) is 1.69. The average molecular weight is 188 g/mol. The predicted molar refractivity (Wildman–Crippen MR) is 42.8 cm³/mol. The Morgan fingerprint density at radius 2 is 2.15 bits per heavy atom. The van der Waals surface area contributed by atoms with Gasteiger partial charge in [0.25, 0.3) is 5.92 Å². The third-order valence-corrected chi connectivity index (χ3v) is 1.69. The van der Waals surface area contributed by atoms with E-state index in [1.165, 1.54) is 14.0 Å². The van der Waals surface area contributed by atoms with Crippen LogP contribution in [-0.2, 0) is 13.0 Å². The average Bonchev–Trinajstić information content (AvgIpc) is 2.29. The monoisotopic (exact) mass is 188 g/mol. The molecule has 0 radical (unpaired) electrons. The summed E-state index contributed by atoms with van der Waals surface area (Å²) in [5, 5.41) is 3.55. The Morgan fingerprint density at radius 1 is 1.62 bits per heavy atom. The quantitative estimate of drug-likeness (QED) is 0.662. The molecule has 0 aromatic carbocycles. The van der Waals surface area contributed by atoms with Gasteiger partial charge in [-0.1, -0.05) is 0 Å². The van der Waals surface area contributed by atoms with Crippen molar-refractivity contribution in [1.82, 2.24) is 9.78 Å². The molecule has 0 saturated carbocycles. The van der Waals surface area contributed by atoms with E-state index in [0.29, 0.717) is 0 Å². The van der Waals surface area contributed by atoms with Gasteiger partial charge in [0.15, 0.2) is 5.78 Å². The van der Waals surface area contributed by atoms with E-state index in [1.807, 2.05) is 0 Å². The zero-order chi connectivity index (χ0) is 10.2. The zero-order valence-corrected chi connectivity index (χ0v) is 7.64. The lowest BCUT2D eigenvalue weighted by molar-refractivity contribution is 0.0122. The molecule has 0 bridgehead atoms. The first-order valence-corrected chi connectivity index (χ1v) is 3.75. The van der Waals surface area contributed by atoms with Crippen LogP contribution in [0, 0.1) is 0 Å². The first kappa shape index (κ1) is 9.83. The summed E-state index contributed by atoms with van der Waals surface area (Å²) in [4.78, 5) is 10.9. The number of nitrogens with zero attached hydrogens (tertiary/aromatic N) is 2. The first-order chi connectivity index (χ1) is 5.82. The van der Waals surface area contributed by atoms with Crippen LogP contribution < -0.4 is 0 Å². The lowest BCUT2D eigenvalue weighted by Gasteiger charge is -2.03. The zero-order valence-electron chi connectivity index (χ0n) is 7.64. The molecule has 1 aromatic rings. The number of alkyl halides is 2. The second kappa shape index (κ2) is 2.90. The molecular formula is C8H10F2N2O. The minimum atomic E-state index is -2.99. The van der Waals surface area contributed by atoms with Crippen molar-refractivity contribution in [2.45, 2.75) is 19.8 Å². The van der Waals surface area contributed by atoms with E-state index in [2.05, 4.69) is 5.10 Å². The number of Topliss-reactive ketones (excluding diaryl/α,β-unsaturated/α-hetero) is 1. The van der Waals surface area contributed by atoms with Gasteiger partial charge < -0.3 is 0 Å². The maximum atomic E-state index is 12.7. The fraction of sp³-hybridized carbons (Fsp3) is 0.500. The molecule has 0 aliphatic heterocycles. The Kier molecular flexibility index (Phi) is 2.19. The summed E-state index contributed by atoms with van der Waals surface area (Å²) in [7, 11) is 1.46. The van der Waals surface area contributed by atoms with E-state index in [1.54, 1.807) is 0 Å². The first-order valence-electron chi connectivity index (χ1n) is 3.75. The lowest BCUT2D eigenvalue weighted by Crippen LogP contribution is -2.08. The SMILES string of the molecule is CC(=O)c1cc(C(C)(F)F)nn1C. The van der Waals surface area contributed by atoms with Crippen molar-refractivity contribution < 1.29 is 13.6 Å². The second-order valence-electron chi connectivity index (χ2n) is 2.98. The Hall–Kier alpha value is -1.26. The molecule has 1 rings (SSSR count). The van der Waals surface area contributed by atoms with Crippen LogP contribution in [0.1, 0.15) is 30.0 Å². The number of aryl methyl sites for hydroxylation is 1. The number of carbonyl (C=O) groups is 1. The van der Waals surface area contributed by atoms with Gasteiger partial charge in [-0.05, 0) is 6.07 Å². The van der Waals surface area contributed by atoms with Crippen molar-refractivity contribution >= 4 is 5.78 Å². The van der Waals surface area contributed by atoms with Gasteiger partial charge in [0.2, 0.25) is 0 Å². The van der Waals surface area contributed by atoms with E-state index in [9.17, 15) is 13.6 Å². The maximum Gasteiger partial charge on any atom is 0.288 e. The van der Waals surface area contributed by atoms with Gasteiger partial charge in [0, 0.05) is 20.9 Å². The van der Waals surface area contributed by atoms with Gasteiger partial charge >= 0.3 is 0 Å². The molecule has 0 aliphatic rings. The minimum Gasteiger partial charge on any atom is -0.293 e. The van der Waals surface area contributed by atoms with Crippen molar-refractivity contribution in [3.05, 3.63) is 17.5 Å². The molecule has 3 nitrogen and oxygen atoms in total. The Labute approximate surface area is 74.4 Å². The Bertz CT molecular complexity index is 338. The summed E-state index contributed by atoms with van der Waals surface area (Å²) in [6.07, 6.45) is 0. The Balaban J connectivity index is 3.17. The van der Waals surface area contributed by atoms with E-state index in [-0.39, 0.29) is 17.2 Å². The molecule has 1 heterocycles. The standard InChI is InChI=1S/C8H10F2N2O/c1-5(13)6-4-7(8(2,9)10)11-12(6)3/h4H,1-3H3. The molecule has 5 heteroatoms. The van der Waals surface area contributed by atoms with Gasteiger partial charge in [-0.2, -0.15) is 13.9 Å². The van der Waals surface area contributed by atoms with Crippen LogP contribution in [0.2, 0.25) is 0 Å². The molecule has 0 spiro atoms. The van der Waals surface area contributed by atoms with Crippen LogP contribution in [0.15, 0.2) is 6.07 Å². The van der Waals surface area contributed by atoms with E-state index in [4.69, 9.17) is 0 Å². The van der Waals surface area contributed by atoms with Gasteiger partial charge in [-0.3, -0.25) is 9.48 Å². The highest BCUT2D eigenvalue weighted by molar-refractivity contribution is 5.92. The summed E-state index contributed by atoms with van der Waals surface area (Å²) >= 11 is 0. The molecule has 0 unspecified atom stereocenters. The molecule has 0 saturated heterocycles. The molecule has 0 aliphatic carbocycles. The fourth-order valence-electron chi connectivity index (χ4n) is 1.01. The lowest BCUT2D eigenvalue weighted by atomic mass is 10.2. The van der Waals surface area contributed by atoms with Crippen molar-refractivity contribution in [3.8, 4) is 0 Å². The molecule has 13 heavy (non-hydrogen) atoms. The number of carbonyl (C=O) groups excluding carboxylic acids is 1. The third kappa shape index (κ3) is 1.91. The van der Waals surface area contributed by atoms with Crippen molar-refractivity contribution in [3.63, 3.8) is 0 Å². The van der Waals surface area contributed by atoms with Crippen LogP contribution in [0.5, 0.6) is 0 Å². The molecule has 0 N–H and O–H groups in total. The predicted octanol–water partition coefficient (Wildman–Crippen LogP) is 1.73. The van der Waals surface area contributed by atoms with Crippen LogP contribution in [-0.4, -0.2) is 15.6 Å². The smallest absolute Gasteiger partial charge is 0.288 e. The van der Waals surface area contributed by atoms with Crippen molar-refractivity contribution in [2.24, 2.45) is 7.05 Å². The minimum absolute atomic E-state index is 0.191. The summed E-state index contributed by atoms with van der Waals surface area (Å²) in [5.41, 5.74) is -0.184. The van der Waals surface area contributed by atoms with Crippen LogP contribution in [0.4, 0.5) is 8.78 Å². The van der Waals surface area contributed by atoms with Crippen LogP contribution in [0.25, 0.3) is 0 Å². The summed E-state index contributed by atoms with van der Waals surface area (Å²) in [6.45, 7) is 2.06. The Morgan fingerprint density at radius 3 is 2.38 bits per heavy atom.